The molecular weight excluding hydrogens is 285 g/mol. The predicted octanol–water partition coefficient (Wildman–Crippen LogP) is 1.54. The second-order valence-corrected chi connectivity index (χ2v) is 6.25. The van der Waals surface area contributed by atoms with Crippen molar-refractivity contribution in [1.82, 2.24) is 4.72 Å². The predicted molar refractivity (Wildman–Crippen MR) is 73.1 cm³/mol. The highest BCUT2D eigenvalue weighted by molar-refractivity contribution is 7.88. The van der Waals surface area contributed by atoms with Crippen LogP contribution in [-0.2, 0) is 26.1 Å². The van der Waals surface area contributed by atoms with E-state index in [1.54, 1.807) is 19.9 Å². The van der Waals surface area contributed by atoms with Gasteiger partial charge in [0, 0.05) is 12.1 Å². The summed E-state index contributed by atoms with van der Waals surface area (Å²) in [7, 11) is -3.38. The summed E-state index contributed by atoms with van der Waals surface area (Å²) in [5.41, 5.74) is 0.708. The number of carbonyl (C=O) groups excluding carboxylic acids is 1. The van der Waals surface area contributed by atoms with Crippen LogP contribution in [-0.4, -0.2) is 27.2 Å². The second kappa shape index (κ2) is 6.81. The molecule has 1 rings (SSSR count). The largest absolute Gasteiger partial charge is 0.466 e. The van der Waals surface area contributed by atoms with Gasteiger partial charge in [-0.2, -0.15) is 0 Å². The normalized spacial score (nSPS) is 13.0. The summed E-state index contributed by atoms with van der Waals surface area (Å²) in [6.45, 7) is 3.47. The molecule has 1 unspecified atom stereocenters. The zero-order chi connectivity index (χ0) is 15.3. The highest BCUT2D eigenvalue weighted by Crippen LogP contribution is 2.20. The van der Waals surface area contributed by atoms with E-state index in [0.717, 1.165) is 6.26 Å². The second-order valence-electron chi connectivity index (χ2n) is 4.42. The number of benzene rings is 1. The zero-order valence-corrected chi connectivity index (χ0v) is 12.5. The van der Waals surface area contributed by atoms with E-state index in [1.807, 2.05) is 0 Å². The highest BCUT2D eigenvalue weighted by Gasteiger charge is 2.18. The van der Waals surface area contributed by atoms with E-state index in [0.29, 0.717) is 5.56 Å². The Bertz CT molecular complexity index is 586. The lowest BCUT2D eigenvalue weighted by Crippen LogP contribution is -2.22. The maximum absolute atomic E-state index is 13.8. The molecule has 112 valence electrons. The Morgan fingerprint density at radius 3 is 2.60 bits per heavy atom. The van der Waals surface area contributed by atoms with Crippen LogP contribution in [0.4, 0.5) is 4.39 Å². The molecule has 1 aromatic carbocycles. The van der Waals surface area contributed by atoms with E-state index < -0.39 is 27.7 Å². The summed E-state index contributed by atoms with van der Waals surface area (Å²) in [6, 6.07) is 4.27. The van der Waals surface area contributed by atoms with Crippen LogP contribution in [0.15, 0.2) is 18.2 Å². The number of hydrogen-bond acceptors (Lipinski definition) is 4. The first kappa shape index (κ1) is 16.6. The summed E-state index contributed by atoms with van der Waals surface area (Å²) in [6.07, 6.45) is 1.00. The average Bonchev–Trinajstić information content (AvgIpc) is 2.35. The number of esters is 1. The topological polar surface area (TPSA) is 72.5 Å². The fourth-order valence-corrected chi connectivity index (χ4v) is 2.01. The third-order valence-corrected chi connectivity index (χ3v) is 3.41. The molecule has 0 saturated heterocycles. The van der Waals surface area contributed by atoms with Crippen LogP contribution in [0.5, 0.6) is 0 Å². The lowest BCUT2D eigenvalue weighted by atomic mass is 9.99. The number of ether oxygens (including phenoxy) is 1. The monoisotopic (exact) mass is 303 g/mol. The Balaban J connectivity index is 2.85. The average molecular weight is 303 g/mol. The molecule has 0 spiro atoms. The molecule has 1 N–H and O–H groups in total. The van der Waals surface area contributed by atoms with Gasteiger partial charge in [0.05, 0.1) is 18.8 Å². The van der Waals surface area contributed by atoms with Crippen LogP contribution in [0, 0.1) is 5.82 Å². The van der Waals surface area contributed by atoms with Crippen LogP contribution in [0.2, 0.25) is 0 Å². The molecule has 0 radical (unpaired) electrons. The Morgan fingerprint density at radius 1 is 1.45 bits per heavy atom. The SMILES string of the molecule is CCOC(=O)C(C)c1ccc(CNS(C)(=O)=O)c(F)c1. The standard InChI is InChI=1S/C13H18FNO4S/c1-4-19-13(16)9(2)10-5-6-11(12(14)7-10)8-15-20(3,17)18/h5-7,9,15H,4,8H2,1-3H3. The first-order valence-corrected chi connectivity index (χ1v) is 8.03. The Morgan fingerprint density at radius 2 is 2.10 bits per heavy atom. The molecule has 0 fully saturated rings. The third-order valence-electron chi connectivity index (χ3n) is 2.74. The molecule has 0 aliphatic heterocycles. The number of rotatable bonds is 6. The highest BCUT2D eigenvalue weighted by atomic mass is 32.2. The molecular formula is C13H18FNO4S. The number of halogens is 1. The summed E-state index contributed by atoms with van der Waals surface area (Å²) >= 11 is 0. The van der Waals surface area contributed by atoms with Crippen molar-refractivity contribution in [3.8, 4) is 0 Å². The maximum Gasteiger partial charge on any atom is 0.313 e. The van der Waals surface area contributed by atoms with Crippen molar-refractivity contribution >= 4 is 16.0 Å². The number of carbonyl (C=O) groups is 1. The molecule has 0 bridgehead atoms. The summed E-state index contributed by atoms with van der Waals surface area (Å²) in [5, 5.41) is 0. The van der Waals surface area contributed by atoms with Crippen molar-refractivity contribution in [1.29, 1.82) is 0 Å². The molecule has 0 aliphatic rings. The molecule has 1 aromatic rings. The van der Waals surface area contributed by atoms with Crippen LogP contribution in [0.3, 0.4) is 0 Å². The number of sulfonamides is 1. The van der Waals surface area contributed by atoms with Gasteiger partial charge in [0.1, 0.15) is 5.82 Å². The van der Waals surface area contributed by atoms with Gasteiger partial charge in [-0.1, -0.05) is 12.1 Å². The molecule has 0 saturated carbocycles. The number of hydrogen-bond donors (Lipinski definition) is 1. The van der Waals surface area contributed by atoms with Crippen LogP contribution < -0.4 is 4.72 Å². The minimum absolute atomic E-state index is 0.126. The van der Waals surface area contributed by atoms with Gasteiger partial charge >= 0.3 is 5.97 Å². The molecule has 20 heavy (non-hydrogen) atoms. The van der Waals surface area contributed by atoms with Crippen molar-refractivity contribution in [3.05, 3.63) is 35.1 Å². The van der Waals surface area contributed by atoms with Crippen LogP contribution in [0.1, 0.15) is 30.9 Å². The Kier molecular flexibility index (Phi) is 5.64. The molecule has 0 aliphatic carbocycles. The van der Waals surface area contributed by atoms with Gasteiger partial charge in [0.15, 0.2) is 0 Å². The van der Waals surface area contributed by atoms with Gasteiger partial charge in [-0.15, -0.1) is 0 Å². The minimum Gasteiger partial charge on any atom is -0.466 e. The molecule has 7 heteroatoms. The molecule has 0 heterocycles. The minimum atomic E-state index is -3.38. The van der Waals surface area contributed by atoms with Gasteiger partial charge < -0.3 is 4.74 Å². The Hall–Kier alpha value is -1.47. The summed E-state index contributed by atoms with van der Waals surface area (Å²) < 4.78 is 42.8. The fourth-order valence-electron chi connectivity index (χ4n) is 1.59. The van der Waals surface area contributed by atoms with Crippen LogP contribution in [0.25, 0.3) is 0 Å². The van der Waals surface area contributed by atoms with E-state index in [2.05, 4.69) is 4.72 Å². The van der Waals surface area contributed by atoms with Crippen molar-refractivity contribution in [2.45, 2.75) is 26.3 Å². The van der Waals surface area contributed by atoms with Crippen molar-refractivity contribution in [2.24, 2.45) is 0 Å². The molecule has 0 amide bonds. The van der Waals surface area contributed by atoms with E-state index in [1.165, 1.54) is 12.1 Å². The van der Waals surface area contributed by atoms with Gasteiger partial charge in [-0.05, 0) is 25.5 Å². The van der Waals surface area contributed by atoms with Gasteiger partial charge in [0.2, 0.25) is 10.0 Å². The van der Waals surface area contributed by atoms with Crippen molar-refractivity contribution < 1.29 is 22.3 Å². The third kappa shape index (κ3) is 4.90. The molecule has 5 nitrogen and oxygen atoms in total. The van der Waals surface area contributed by atoms with E-state index in [4.69, 9.17) is 4.74 Å². The Labute approximate surface area is 118 Å². The quantitative estimate of drug-likeness (QED) is 0.809. The van der Waals surface area contributed by atoms with Gasteiger partial charge in [-0.25, -0.2) is 17.5 Å². The lowest BCUT2D eigenvalue weighted by molar-refractivity contribution is -0.144. The molecule has 0 aromatic heterocycles. The molecule has 1 atom stereocenters. The van der Waals surface area contributed by atoms with Crippen LogP contribution >= 0.6 is 0 Å². The summed E-state index contributed by atoms with van der Waals surface area (Å²) in [5.74, 6) is -1.55. The lowest BCUT2D eigenvalue weighted by Gasteiger charge is -2.12. The van der Waals surface area contributed by atoms with Crippen molar-refractivity contribution in [3.63, 3.8) is 0 Å². The van der Waals surface area contributed by atoms with Gasteiger partial charge in [0.25, 0.3) is 0 Å². The maximum atomic E-state index is 13.8. The van der Waals surface area contributed by atoms with E-state index in [9.17, 15) is 17.6 Å². The number of nitrogens with one attached hydrogen (secondary N) is 1. The fraction of sp³-hybridized carbons (Fsp3) is 0.462. The summed E-state index contributed by atoms with van der Waals surface area (Å²) in [4.78, 5) is 11.6. The first-order chi connectivity index (χ1) is 9.24. The zero-order valence-electron chi connectivity index (χ0n) is 11.6. The van der Waals surface area contributed by atoms with E-state index >= 15 is 0 Å². The van der Waals surface area contributed by atoms with Crippen molar-refractivity contribution in [2.75, 3.05) is 12.9 Å². The van der Waals surface area contributed by atoms with Gasteiger partial charge in [-0.3, -0.25) is 4.79 Å². The smallest absolute Gasteiger partial charge is 0.313 e. The first-order valence-electron chi connectivity index (χ1n) is 6.14. The van der Waals surface area contributed by atoms with E-state index in [-0.39, 0.29) is 18.7 Å².